The van der Waals surface area contributed by atoms with Gasteiger partial charge in [-0.15, -0.1) is 28.3 Å². The minimum atomic E-state index is 0. The van der Waals surface area contributed by atoms with Crippen LogP contribution in [0.2, 0.25) is 0 Å². The van der Waals surface area contributed by atoms with Crippen LogP contribution in [0.25, 0.3) is 11.3 Å². The van der Waals surface area contributed by atoms with Crippen molar-refractivity contribution >= 4 is 34.0 Å². The summed E-state index contributed by atoms with van der Waals surface area (Å²) in [7, 11) is 5.53. The van der Waals surface area contributed by atoms with Gasteiger partial charge in [0.1, 0.15) is 11.5 Å². The molecule has 1 fully saturated rings. The molecule has 0 spiro atoms. The van der Waals surface area contributed by atoms with E-state index in [1.165, 1.54) is 0 Å². The van der Waals surface area contributed by atoms with Crippen molar-refractivity contribution in [3.63, 3.8) is 0 Å². The first-order valence-electron chi connectivity index (χ1n) is 9.65. The van der Waals surface area contributed by atoms with Crippen LogP contribution in [0.15, 0.2) is 58.9 Å². The van der Waals surface area contributed by atoms with Crippen LogP contribution < -0.4 is 19.3 Å². The van der Waals surface area contributed by atoms with Gasteiger partial charge in [-0.2, -0.15) is 0 Å². The monoisotopic (exact) mass is 490 g/mol. The molecule has 1 saturated heterocycles. The molecule has 0 saturated carbocycles. The second-order valence-corrected chi connectivity index (χ2v) is 7.85. The van der Waals surface area contributed by atoms with Gasteiger partial charge in [0, 0.05) is 37.1 Å². The number of hydrogen-bond donors (Lipinski definition) is 0. The molecule has 1 aliphatic rings. The van der Waals surface area contributed by atoms with Gasteiger partial charge in [0.25, 0.3) is 0 Å². The fraction of sp³-hybridized carbons (Fsp3) is 0.318. The van der Waals surface area contributed by atoms with Crippen LogP contribution in [0.5, 0.6) is 11.5 Å². The van der Waals surface area contributed by atoms with Crippen LogP contribution in [-0.4, -0.2) is 57.0 Å². The van der Waals surface area contributed by atoms with Gasteiger partial charge in [0.05, 0.1) is 25.6 Å². The molecule has 2 heterocycles. The Labute approximate surface area is 191 Å². The normalized spacial score (nSPS) is 15.0. The lowest BCUT2D eigenvalue weighted by molar-refractivity contribution is 0.287. The Balaban J connectivity index is 0.00000256. The summed E-state index contributed by atoms with van der Waals surface area (Å²) in [5.41, 5.74) is 3.21. The summed E-state index contributed by atoms with van der Waals surface area (Å²) < 4.78 is 12.8. The van der Waals surface area contributed by atoms with Gasteiger partial charge in [0.2, 0.25) is 4.80 Å². The molecule has 0 unspecified atom stereocenters. The largest absolute Gasteiger partial charge is 0.497 e. The third kappa shape index (κ3) is 4.88. The van der Waals surface area contributed by atoms with Gasteiger partial charge >= 0.3 is 0 Å². The van der Waals surface area contributed by atoms with Gasteiger partial charge in [-0.1, -0.05) is 0 Å². The second kappa shape index (κ2) is 10.1. The van der Waals surface area contributed by atoms with Crippen molar-refractivity contribution < 1.29 is 9.47 Å². The molecule has 3 aromatic rings. The van der Waals surface area contributed by atoms with Gasteiger partial charge < -0.3 is 19.4 Å². The Kier molecular flexibility index (Phi) is 7.58. The molecule has 6 nitrogen and oxygen atoms in total. The quantitative estimate of drug-likeness (QED) is 0.543. The first-order valence-corrected chi connectivity index (χ1v) is 10.5. The van der Waals surface area contributed by atoms with Crippen LogP contribution in [0, 0.1) is 0 Å². The van der Waals surface area contributed by atoms with E-state index in [-0.39, 0.29) is 17.0 Å². The van der Waals surface area contributed by atoms with Crippen LogP contribution in [0.3, 0.4) is 0 Å². The summed E-state index contributed by atoms with van der Waals surface area (Å²) >= 11 is 1.66. The minimum Gasteiger partial charge on any atom is -0.497 e. The lowest BCUT2D eigenvalue weighted by Crippen LogP contribution is -2.52. The topological polar surface area (TPSA) is 42.2 Å². The molecule has 0 bridgehead atoms. The highest BCUT2D eigenvalue weighted by Gasteiger charge is 2.19. The average molecular weight is 491 g/mol. The Morgan fingerprint density at radius 1 is 0.833 bits per heavy atom. The van der Waals surface area contributed by atoms with Crippen molar-refractivity contribution in [2.75, 3.05) is 52.5 Å². The predicted octanol–water partition coefficient (Wildman–Crippen LogP) is 3.93. The van der Waals surface area contributed by atoms with Gasteiger partial charge in [0.15, 0.2) is 0 Å². The molecule has 1 aliphatic heterocycles. The molecular formula is C22H27BrN4O2S. The highest BCUT2D eigenvalue weighted by molar-refractivity contribution is 8.93. The van der Waals surface area contributed by atoms with Gasteiger partial charge in [-0.25, -0.2) is 9.67 Å². The van der Waals surface area contributed by atoms with Gasteiger partial charge in [-0.3, -0.25) is 0 Å². The average Bonchev–Trinajstić information content (AvgIpc) is 3.18. The number of hydrogen-bond acceptors (Lipinski definition) is 6. The lowest BCUT2D eigenvalue weighted by Gasteiger charge is -2.35. The van der Waals surface area contributed by atoms with E-state index in [9.17, 15) is 0 Å². The zero-order valence-electron chi connectivity index (χ0n) is 17.4. The summed E-state index contributed by atoms with van der Waals surface area (Å²) in [6.07, 6.45) is 0. The number of nitrogens with zero attached hydrogens (tertiary/aromatic N) is 4. The number of halogens is 1. The van der Waals surface area contributed by atoms with E-state index >= 15 is 0 Å². The second-order valence-electron chi connectivity index (χ2n) is 7.01. The molecule has 160 valence electrons. The summed E-state index contributed by atoms with van der Waals surface area (Å²) in [6, 6.07) is 16.1. The Morgan fingerprint density at radius 3 is 1.97 bits per heavy atom. The van der Waals surface area contributed by atoms with E-state index in [1.54, 1.807) is 25.6 Å². The Morgan fingerprint density at radius 2 is 1.40 bits per heavy atom. The van der Waals surface area contributed by atoms with Crippen LogP contribution >= 0.6 is 28.3 Å². The highest BCUT2D eigenvalue weighted by atomic mass is 79.9. The van der Waals surface area contributed by atoms with Crippen molar-refractivity contribution in [3.8, 4) is 22.8 Å². The summed E-state index contributed by atoms with van der Waals surface area (Å²) in [6.45, 7) is 4.00. The van der Waals surface area contributed by atoms with Crippen molar-refractivity contribution in [2.24, 2.45) is 4.99 Å². The third-order valence-corrected chi connectivity index (χ3v) is 5.95. The van der Waals surface area contributed by atoms with Crippen LogP contribution in [-0.2, 0) is 0 Å². The van der Waals surface area contributed by atoms with E-state index in [0.29, 0.717) is 0 Å². The fourth-order valence-electron chi connectivity index (χ4n) is 3.37. The van der Waals surface area contributed by atoms with E-state index in [2.05, 4.69) is 39.1 Å². The van der Waals surface area contributed by atoms with E-state index in [0.717, 1.165) is 59.4 Å². The first-order chi connectivity index (χ1) is 14.2. The molecule has 2 aromatic carbocycles. The smallest absolute Gasteiger partial charge is 0.209 e. The molecule has 0 radical (unpaired) electrons. The molecule has 8 heteroatoms. The van der Waals surface area contributed by atoms with Crippen molar-refractivity contribution in [2.45, 2.75) is 0 Å². The molecule has 30 heavy (non-hydrogen) atoms. The van der Waals surface area contributed by atoms with E-state index in [1.807, 2.05) is 36.4 Å². The number of benzene rings is 2. The van der Waals surface area contributed by atoms with E-state index in [4.69, 9.17) is 14.5 Å². The minimum absolute atomic E-state index is 0. The zero-order chi connectivity index (χ0) is 20.2. The Hall–Kier alpha value is -2.29. The number of aromatic nitrogens is 1. The number of likely N-dealkylation sites (N-methyl/N-ethyl adjacent to an activating group) is 1. The zero-order valence-corrected chi connectivity index (χ0v) is 20.0. The lowest BCUT2D eigenvalue weighted by atomic mass is 10.2. The summed E-state index contributed by atoms with van der Waals surface area (Å²) in [5, 5.41) is 4.57. The molecule has 4 rings (SSSR count). The summed E-state index contributed by atoms with van der Waals surface area (Å²) in [5.74, 6) is 1.69. The van der Waals surface area contributed by atoms with Crippen LogP contribution in [0.1, 0.15) is 0 Å². The maximum Gasteiger partial charge on any atom is 0.209 e. The third-order valence-electron chi connectivity index (χ3n) is 5.13. The van der Waals surface area contributed by atoms with Crippen molar-refractivity contribution in [1.82, 2.24) is 9.58 Å². The number of methoxy groups -OCH3 is 2. The Bertz CT molecular complexity index is 1010. The number of ether oxygens (including phenoxy) is 2. The predicted molar refractivity (Wildman–Crippen MR) is 128 cm³/mol. The molecule has 0 atom stereocenters. The number of piperazine rings is 1. The standard InChI is InChI=1S/C22H26N4O2S.BrH/c1-24-12-14-25(15-13-24)26-21(17-4-8-19(27-2)9-5-17)16-29-22(26)23-18-6-10-20(28-3)11-7-18;/h4-11,16H,12-15H2,1-3H3;1H. The SMILES string of the molecule is Br.COc1ccc(N=c2scc(-c3ccc(OC)cc3)n2N2CCN(C)CC2)cc1. The maximum absolute atomic E-state index is 5.32. The molecule has 0 aliphatic carbocycles. The van der Waals surface area contributed by atoms with Crippen molar-refractivity contribution in [3.05, 3.63) is 58.7 Å². The molecule has 0 amide bonds. The molecule has 1 aromatic heterocycles. The number of rotatable bonds is 5. The number of thiazole rings is 1. The maximum atomic E-state index is 5.32. The highest BCUT2D eigenvalue weighted by Crippen LogP contribution is 2.24. The van der Waals surface area contributed by atoms with Gasteiger partial charge in [-0.05, 0) is 55.6 Å². The molecular weight excluding hydrogens is 464 g/mol. The van der Waals surface area contributed by atoms with E-state index < -0.39 is 0 Å². The first kappa shape index (κ1) is 22.4. The molecule has 0 N–H and O–H groups in total. The summed E-state index contributed by atoms with van der Waals surface area (Å²) in [4.78, 5) is 8.26. The van der Waals surface area contributed by atoms with Crippen LogP contribution in [0.4, 0.5) is 5.69 Å². The van der Waals surface area contributed by atoms with Crippen molar-refractivity contribution in [1.29, 1.82) is 0 Å². The fourth-order valence-corrected chi connectivity index (χ4v) is 4.30.